The lowest BCUT2D eigenvalue weighted by Gasteiger charge is -2.23. The van der Waals surface area contributed by atoms with Gasteiger partial charge in [0.05, 0.1) is 6.61 Å². The van der Waals surface area contributed by atoms with Crippen molar-refractivity contribution < 1.29 is 14.3 Å². The van der Waals surface area contributed by atoms with E-state index in [9.17, 15) is 9.59 Å². The number of carbonyl (C=O) groups is 2. The lowest BCUT2D eigenvalue weighted by Crippen LogP contribution is -2.41. The monoisotopic (exact) mass is 357 g/mol. The fourth-order valence-corrected chi connectivity index (χ4v) is 2.19. The molecule has 0 unspecified atom stereocenters. The normalized spacial score (nSPS) is 10.3. The van der Waals surface area contributed by atoms with Crippen LogP contribution in [-0.4, -0.2) is 62.5 Å². The Hall–Kier alpha value is -1.60. The van der Waals surface area contributed by atoms with Crippen molar-refractivity contribution in [1.82, 2.24) is 9.80 Å². The van der Waals surface area contributed by atoms with Gasteiger partial charge >= 0.3 is 0 Å². The molecule has 2 N–H and O–H groups in total. The zero-order chi connectivity index (χ0) is 16.0. The summed E-state index contributed by atoms with van der Waals surface area (Å²) in [7, 11) is 4.85. The molecular weight excluding hydrogens is 338 g/mol. The molecule has 0 fully saturated rings. The predicted octanol–water partition coefficient (Wildman–Crippen LogP) is 1.21. The molecule has 0 aliphatic rings. The first-order chi connectivity index (χ1) is 9.85. The number of carbonyl (C=O) groups excluding carboxylic acids is 2. The van der Waals surface area contributed by atoms with E-state index >= 15 is 0 Å². The van der Waals surface area contributed by atoms with Crippen molar-refractivity contribution in [2.75, 3.05) is 46.6 Å². The molecule has 21 heavy (non-hydrogen) atoms. The molecule has 0 saturated carbocycles. The summed E-state index contributed by atoms with van der Waals surface area (Å²) in [6.45, 7) is 0.693. The average molecular weight is 358 g/mol. The molecule has 0 spiro atoms. The number of nitrogens with two attached hydrogens (primary N) is 1. The highest BCUT2D eigenvalue weighted by molar-refractivity contribution is 9.10. The van der Waals surface area contributed by atoms with E-state index in [-0.39, 0.29) is 18.4 Å². The molecule has 1 aromatic carbocycles. The van der Waals surface area contributed by atoms with E-state index in [1.807, 2.05) is 0 Å². The molecule has 6 nitrogen and oxygen atoms in total. The molecule has 1 aromatic rings. The van der Waals surface area contributed by atoms with E-state index in [1.165, 1.54) is 9.80 Å². The summed E-state index contributed by atoms with van der Waals surface area (Å²) in [6.07, 6.45) is 0. The Kier molecular flexibility index (Phi) is 6.64. The van der Waals surface area contributed by atoms with Crippen molar-refractivity contribution in [3.05, 3.63) is 28.2 Å². The summed E-state index contributed by atoms with van der Waals surface area (Å²) in [6, 6.07) is 4.98. The minimum Gasteiger partial charge on any atom is -0.399 e. The van der Waals surface area contributed by atoms with Crippen molar-refractivity contribution in [3.63, 3.8) is 0 Å². The highest BCUT2D eigenvalue weighted by atomic mass is 79.9. The Morgan fingerprint density at radius 1 is 1.29 bits per heavy atom. The zero-order valence-electron chi connectivity index (χ0n) is 12.4. The quantitative estimate of drug-likeness (QED) is 0.776. The fraction of sp³-hybridized carbons (Fsp3) is 0.429. The number of methoxy groups -OCH3 is 1. The van der Waals surface area contributed by atoms with Crippen LogP contribution in [0.3, 0.4) is 0 Å². The van der Waals surface area contributed by atoms with Gasteiger partial charge < -0.3 is 20.3 Å². The molecule has 2 amide bonds. The number of benzene rings is 1. The number of halogens is 1. The van der Waals surface area contributed by atoms with Gasteiger partial charge in [0.25, 0.3) is 5.91 Å². The standard InChI is InChI=1S/C14H20BrN3O3/c1-17(2)13(19)9-18(4-5-21-3)14(20)10-6-11(15)8-12(16)7-10/h6-8H,4-5,9,16H2,1-3H3. The summed E-state index contributed by atoms with van der Waals surface area (Å²) >= 11 is 3.31. The first-order valence-electron chi connectivity index (χ1n) is 6.39. The third-order valence-electron chi connectivity index (χ3n) is 2.84. The number of nitrogens with zero attached hydrogens (tertiary/aromatic N) is 2. The molecule has 7 heteroatoms. The minimum atomic E-state index is -0.254. The van der Waals surface area contributed by atoms with Gasteiger partial charge in [0.2, 0.25) is 5.91 Å². The first kappa shape index (κ1) is 17.5. The van der Waals surface area contributed by atoms with Gasteiger partial charge in [0, 0.05) is 43.5 Å². The van der Waals surface area contributed by atoms with Crippen LogP contribution in [0.2, 0.25) is 0 Å². The summed E-state index contributed by atoms with van der Waals surface area (Å²) in [4.78, 5) is 27.3. The van der Waals surface area contributed by atoms with Gasteiger partial charge in [0.1, 0.15) is 6.54 Å². The summed E-state index contributed by atoms with van der Waals surface area (Å²) < 4.78 is 5.71. The fourth-order valence-electron chi connectivity index (χ4n) is 1.68. The van der Waals surface area contributed by atoms with Crippen LogP contribution < -0.4 is 5.73 Å². The molecule has 0 heterocycles. The van der Waals surface area contributed by atoms with E-state index in [0.717, 1.165) is 4.47 Å². The Balaban J connectivity index is 2.95. The van der Waals surface area contributed by atoms with E-state index in [1.54, 1.807) is 39.4 Å². The molecule has 1 rings (SSSR count). The Bertz CT molecular complexity index is 500. The summed E-state index contributed by atoms with van der Waals surface area (Å²) in [5, 5.41) is 0. The number of ether oxygens (including phenoxy) is 1. The zero-order valence-corrected chi connectivity index (χ0v) is 14.0. The Morgan fingerprint density at radius 2 is 1.95 bits per heavy atom. The van der Waals surface area contributed by atoms with Crippen LogP contribution in [0.25, 0.3) is 0 Å². The van der Waals surface area contributed by atoms with Crippen molar-refractivity contribution in [2.45, 2.75) is 0 Å². The summed E-state index contributed by atoms with van der Waals surface area (Å²) in [5.74, 6) is -0.405. The van der Waals surface area contributed by atoms with Crippen molar-refractivity contribution in [3.8, 4) is 0 Å². The van der Waals surface area contributed by atoms with E-state index in [2.05, 4.69) is 15.9 Å². The van der Waals surface area contributed by atoms with Crippen molar-refractivity contribution in [1.29, 1.82) is 0 Å². The predicted molar refractivity (Wildman–Crippen MR) is 85.0 cm³/mol. The number of anilines is 1. The maximum atomic E-state index is 12.5. The second-order valence-corrected chi connectivity index (χ2v) is 5.70. The van der Waals surface area contributed by atoms with Crippen LogP contribution in [0.15, 0.2) is 22.7 Å². The third-order valence-corrected chi connectivity index (χ3v) is 3.30. The van der Waals surface area contributed by atoms with Gasteiger partial charge in [-0.1, -0.05) is 15.9 Å². The number of hydrogen-bond acceptors (Lipinski definition) is 4. The summed E-state index contributed by atoms with van der Waals surface area (Å²) in [5.41, 5.74) is 6.67. The van der Waals surface area contributed by atoms with Gasteiger partial charge in [-0.25, -0.2) is 0 Å². The van der Waals surface area contributed by atoms with Gasteiger partial charge in [-0.15, -0.1) is 0 Å². The highest BCUT2D eigenvalue weighted by Gasteiger charge is 2.20. The lowest BCUT2D eigenvalue weighted by atomic mass is 10.1. The van der Waals surface area contributed by atoms with Gasteiger partial charge in [-0.2, -0.15) is 0 Å². The Morgan fingerprint density at radius 3 is 2.48 bits per heavy atom. The van der Waals surface area contributed by atoms with Gasteiger partial charge in [-0.05, 0) is 18.2 Å². The van der Waals surface area contributed by atoms with Gasteiger partial charge in [-0.3, -0.25) is 9.59 Å². The number of rotatable bonds is 6. The van der Waals surface area contributed by atoms with Crippen LogP contribution in [0.4, 0.5) is 5.69 Å². The van der Waals surface area contributed by atoms with E-state index < -0.39 is 0 Å². The largest absolute Gasteiger partial charge is 0.399 e. The van der Waals surface area contributed by atoms with Crippen LogP contribution in [0.5, 0.6) is 0 Å². The second-order valence-electron chi connectivity index (χ2n) is 4.78. The molecule has 0 radical (unpaired) electrons. The highest BCUT2D eigenvalue weighted by Crippen LogP contribution is 2.18. The van der Waals surface area contributed by atoms with E-state index in [0.29, 0.717) is 24.4 Å². The molecule has 0 bridgehead atoms. The second kappa shape index (κ2) is 7.99. The van der Waals surface area contributed by atoms with Crippen LogP contribution in [0, 0.1) is 0 Å². The first-order valence-corrected chi connectivity index (χ1v) is 7.19. The topological polar surface area (TPSA) is 75.9 Å². The smallest absolute Gasteiger partial charge is 0.254 e. The molecule has 116 valence electrons. The third kappa shape index (κ3) is 5.35. The lowest BCUT2D eigenvalue weighted by molar-refractivity contribution is -0.129. The number of nitrogen functional groups attached to an aromatic ring is 1. The minimum absolute atomic E-state index is 0.00160. The number of amides is 2. The van der Waals surface area contributed by atoms with E-state index in [4.69, 9.17) is 10.5 Å². The van der Waals surface area contributed by atoms with Crippen molar-refractivity contribution >= 4 is 33.4 Å². The molecule has 0 aliphatic carbocycles. The van der Waals surface area contributed by atoms with Crippen molar-refractivity contribution in [2.24, 2.45) is 0 Å². The molecule has 0 aromatic heterocycles. The molecular formula is C14H20BrN3O3. The molecule has 0 saturated heterocycles. The van der Waals surface area contributed by atoms with Crippen LogP contribution in [0.1, 0.15) is 10.4 Å². The van der Waals surface area contributed by atoms with Gasteiger partial charge in [0.15, 0.2) is 0 Å². The molecule has 0 atom stereocenters. The number of likely N-dealkylation sites (N-methyl/N-ethyl adjacent to an activating group) is 1. The maximum absolute atomic E-state index is 12.5. The maximum Gasteiger partial charge on any atom is 0.254 e. The number of hydrogen-bond donors (Lipinski definition) is 1. The SMILES string of the molecule is COCCN(CC(=O)N(C)C)C(=O)c1cc(N)cc(Br)c1. The molecule has 0 aliphatic heterocycles. The average Bonchev–Trinajstić information content (AvgIpc) is 2.41. The van der Waals surface area contributed by atoms with Crippen LogP contribution >= 0.6 is 15.9 Å². The Labute approximate surface area is 133 Å². The van der Waals surface area contributed by atoms with Crippen LogP contribution in [-0.2, 0) is 9.53 Å².